The number of carbonyl (C=O) groups is 1. The van der Waals surface area contributed by atoms with Crippen LogP contribution in [-0.2, 0) is 11.3 Å². The molecule has 1 N–H and O–H groups in total. The average molecular weight is 471 g/mol. The molecule has 10 heteroatoms. The van der Waals surface area contributed by atoms with E-state index in [4.69, 9.17) is 0 Å². The summed E-state index contributed by atoms with van der Waals surface area (Å²) in [5, 5.41) is 5.31. The summed E-state index contributed by atoms with van der Waals surface area (Å²) in [6, 6.07) is 10.1. The number of fused-ring (bicyclic) bond motifs is 1. The lowest BCUT2D eigenvalue weighted by Crippen LogP contribution is -2.23. The molecule has 2 aromatic carbocycles. The van der Waals surface area contributed by atoms with Crippen molar-refractivity contribution in [3.63, 3.8) is 0 Å². The molecule has 0 aliphatic carbocycles. The Labute approximate surface area is 189 Å². The van der Waals surface area contributed by atoms with Gasteiger partial charge < -0.3 is 5.32 Å². The van der Waals surface area contributed by atoms with Crippen molar-refractivity contribution in [1.29, 1.82) is 0 Å². The van der Waals surface area contributed by atoms with Crippen LogP contribution in [0.15, 0.2) is 70.5 Å². The highest BCUT2D eigenvalue weighted by molar-refractivity contribution is 7.99. The first-order valence-corrected chi connectivity index (χ1v) is 11.3. The first-order chi connectivity index (χ1) is 15.5. The third kappa shape index (κ3) is 4.61. The van der Waals surface area contributed by atoms with Gasteiger partial charge in [-0.1, -0.05) is 30.0 Å². The number of hydrogen-bond acceptors (Lipinski definition) is 6. The van der Waals surface area contributed by atoms with Crippen molar-refractivity contribution in [2.75, 3.05) is 11.1 Å². The number of para-hydroxylation sites is 1. The second-order valence-corrected chi connectivity index (χ2v) is 8.42. The number of nitrogens with one attached hydrogen (secondary N) is 1. The van der Waals surface area contributed by atoms with Crippen molar-refractivity contribution in [3.8, 4) is 11.3 Å². The van der Waals surface area contributed by atoms with Crippen LogP contribution in [-0.4, -0.2) is 26.2 Å². The summed E-state index contributed by atoms with van der Waals surface area (Å²) in [5.74, 6) is -1.58. The number of benzene rings is 2. The van der Waals surface area contributed by atoms with Crippen LogP contribution < -0.4 is 10.9 Å². The van der Waals surface area contributed by atoms with Gasteiger partial charge in [0, 0.05) is 17.5 Å². The Balaban J connectivity index is 1.49. The molecule has 0 aliphatic rings. The lowest BCUT2D eigenvalue weighted by molar-refractivity contribution is -0.113. The topological polar surface area (TPSA) is 76.9 Å². The van der Waals surface area contributed by atoms with E-state index in [0.717, 1.165) is 41.3 Å². The zero-order valence-electron chi connectivity index (χ0n) is 16.5. The molecule has 0 atom stereocenters. The van der Waals surface area contributed by atoms with Crippen molar-refractivity contribution in [2.24, 2.45) is 0 Å². The molecule has 0 unspecified atom stereocenters. The molecular weight excluding hydrogens is 454 g/mol. The Kier molecular flexibility index (Phi) is 6.42. The van der Waals surface area contributed by atoms with Gasteiger partial charge >= 0.3 is 0 Å². The molecule has 0 bridgehead atoms. The van der Waals surface area contributed by atoms with Gasteiger partial charge in [0.1, 0.15) is 11.6 Å². The summed E-state index contributed by atoms with van der Waals surface area (Å²) >= 11 is 2.21. The third-order valence-corrected chi connectivity index (χ3v) is 6.16. The van der Waals surface area contributed by atoms with Crippen LogP contribution in [0.4, 0.5) is 13.9 Å². The number of carbonyl (C=O) groups excluding carboxylic acids is 1. The monoisotopic (exact) mass is 470 g/mol. The Bertz CT molecular complexity index is 1380. The van der Waals surface area contributed by atoms with Crippen molar-refractivity contribution < 1.29 is 13.6 Å². The van der Waals surface area contributed by atoms with E-state index < -0.39 is 11.6 Å². The highest BCUT2D eigenvalue weighted by Gasteiger charge is 2.15. The highest BCUT2D eigenvalue weighted by atomic mass is 32.2. The smallest absolute Gasteiger partial charge is 0.262 e. The fraction of sp³-hybridized carbons (Fsp3) is 0.0909. The van der Waals surface area contributed by atoms with Crippen molar-refractivity contribution in [2.45, 2.75) is 11.7 Å². The van der Waals surface area contributed by atoms with Crippen LogP contribution in [0.2, 0.25) is 0 Å². The molecule has 2 aromatic heterocycles. The minimum atomic E-state index is -0.604. The Morgan fingerprint density at radius 3 is 2.84 bits per heavy atom. The SMILES string of the molecule is C=CCn1c(SCC(=O)Nc2nc(-c3cc(F)ccc3F)cs2)nc2ccccc2c1=O. The van der Waals surface area contributed by atoms with Crippen molar-refractivity contribution in [1.82, 2.24) is 14.5 Å². The predicted octanol–water partition coefficient (Wildman–Crippen LogP) is 4.72. The number of aromatic nitrogens is 3. The molecule has 0 radical (unpaired) electrons. The van der Waals surface area contributed by atoms with Crippen molar-refractivity contribution in [3.05, 3.63) is 82.5 Å². The van der Waals surface area contributed by atoms with Gasteiger partial charge in [0.05, 0.1) is 22.3 Å². The third-order valence-electron chi connectivity index (χ3n) is 4.43. The molecule has 0 saturated heterocycles. The van der Waals surface area contributed by atoms with E-state index in [0.29, 0.717) is 16.1 Å². The number of rotatable bonds is 7. The van der Waals surface area contributed by atoms with Gasteiger partial charge in [-0.3, -0.25) is 14.2 Å². The predicted molar refractivity (Wildman–Crippen MR) is 123 cm³/mol. The molecule has 1 amide bonds. The molecule has 162 valence electrons. The molecule has 4 aromatic rings. The molecule has 0 fully saturated rings. The fourth-order valence-corrected chi connectivity index (χ4v) is 4.52. The summed E-state index contributed by atoms with van der Waals surface area (Å²) in [4.78, 5) is 33.9. The van der Waals surface area contributed by atoms with Crippen LogP contribution in [0.25, 0.3) is 22.2 Å². The van der Waals surface area contributed by atoms with Crippen LogP contribution in [0.1, 0.15) is 0 Å². The zero-order valence-corrected chi connectivity index (χ0v) is 18.2. The largest absolute Gasteiger partial charge is 0.301 e. The number of allylic oxidation sites excluding steroid dienone is 1. The normalized spacial score (nSPS) is 10.9. The second kappa shape index (κ2) is 9.41. The van der Waals surface area contributed by atoms with Crippen LogP contribution in [0.3, 0.4) is 0 Å². The van der Waals surface area contributed by atoms with E-state index in [1.54, 1.807) is 30.3 Å². The van der Waals surface area contributed by atoms with E-state index >= 15 is 0 Å². The standard InChI is InChI=1S/C22H16F2N4O2S2/c1-2-9-28-20(30)14-5-3-4-6-17(14)26-22(28)32-12-19(29)27-21-25-18(11-31-21)15-10-13(23)7-8-16(15)24/h2-8,10-11H,1,9,12H2,(H,25,27,29). The first-order valence-electron chi connectivity index (χ1n) is 9.40. The van der Waals surface area contributed by atoms with E-state index in [1.165, 1.54) is 9.95 Å². The minimum Gasteiger partial charge on any atom is -0.301 e. The Hall–Kier alpha value is -3.37. The maximum absolute atomic E-state index is 13.9. The minimum absolute atomic E-state index is 0.0185. The molecule has 0 saturated carbocycles. The lowest BCUT2D eigenvalue weighted by atomic mass is 10.1. The number of thiazole rings is 1. The van der Waals surface area contributed by atoms with Gasteiger partial charge in [-0.15, -0.1) is 17.9 Å². The lowest BCUT2D eigenvalue weighted by Gasteiger charge is -2.11. The number of halogens is 2. The molecule has 4 rings (SSSR count). The van der Waals surface area contributed by atoms with E-state index in [9.17, 15) is 18.4 Å². The first kappa shape index (κ1) is 21.8. The number of amides is 1. The summed E-state index contributed by atoms with van der Waals surface area (Å²) < 4.78 is 28.8. The summed E-state index contributed by atoms with van der Waals surface area (Å²) in [6.45, 7) is 3.93. The van der Waals surface area contributed by atoms with Gasteiger partial charge in [0.15, 0.2) is 10.3 Å². The average Bonchev–Trinajstić information content (AvgIpc) is 3.24. The van der Waals surface area contributed by atoms with E-state index in [-0.39, 0.29) is 40.2 Å². The summed E-state index contributed by atoms with van der Waals surface area (Å²) in [6.07, 6.45) is 1.59. The Morgan fingerprint density at radius 2 is 2.03 bits per heavy atom. The number of nitrogens with zero attached hydrogens (tertiary/aromatic N) is 3. The number of thioether (sulfide) groups is 1. The van der Waals surface area contributed by atoms with E-state index in [2.05, 4.69) is 21.9 Å². The molecular formula is C22H16F2N4O2S2. The van der Waals surface area contributed by atoms with E-state index in [1.807, 2.05) is 0 Å². The van der Waals surface area contributed by atoms with Crippen LogP contribution in [0.5, 0.6) is 0 Å². The van der Waals surface area contributed by atoms with Crippen LogP contribution in [0, 0.1) is 11.6 Å². The Morgan fingerprint density at radius 1 is 1.22 bits per heavy atom. The fourth-order valence-electron chi connectivity index (χ4n) is 2.98. The summed E-state index contributed by atoms with van der Waals surface area (Å²) in [7, 11) is 0. The number of anilines is 1. The number of hydrogen-bond donors (Lipinski definition) is 1. The van der Waals surface area contributed by atoms with Gasteiger partial charge in [-0.2, -0.15) is 0 Å². The molecule has 32 heavy (non-hydrogen) atoms. The molecule has 0 spiro atoms. The molecule has 6 nitrogen and oxygen atoms in total. The van der Waals surface area contributed by atoms with Gasteiger partial charge in [0.25, 0.3) is 5.56 Å². The summed E-state index contributed by atoms with van der Waals surface area (Å²) in [5.41, 5.74) is 0.582. The molecule has 0 aliphatic heterocycles. The highest BCUT2D eigenvalue weighted by Crippen LogP contribution is 2.28. The molecule has 2 heterocycles. The maximum Gasteiger partial charge on any atom is 0.262 e. The quantitative estimate of drug-likeness (QED) is 0.240. The van der Waals surface area contributed by atoms with Gasteiger partial charge in [0.2, 0.25) is 5.91 Å². The second-order valence-electron chi connectivity index (χ2n) is 6.61. The zero-order chi connectivity index (χ0) is 22.7. The van der Waals surface area contributed by atoms with Gasteiger partial charge in [-0.05, 0) is 30.3 Å². The van der Waals surface area contributed by atoms with Gasteiger partial charge in [-0.25, -0.2) is 18.7 Å². The van der Waals surface area contributed by atoms with Crippen LogP contribution >= 0.6 is 23.1 Å². The maximum atomic E-state index is 13.9. The van der Waals surface area contributed by atoms with Crippen molar-refractivity contribution >= 4 is 45.0 Å².